The van der Waals surface area contributed by atoms with Crippen LogP contribution in [0.3, 0.4) is 0 Å². The molecule has 0 aromatic heterocycles. The molecule has 9 nitrogen and oxygen atoms in total. The molecule has 2 aromatic carbocycles. The van der Waals surface area contributed by atoms with E-state index in [1.54, 1.807) is 12.1 Å². The average Bonchev–Trinajstić information content (AvgIpc) is 3.32. The van der Waals surface area contributed by atoms with Gasteiger partial charge in [-0.1, -0.05) is 76.2 Å². The molecule has 214 valence electrons. The fourth-order valence-electron chi connectivity index (χ4n) is 5.56. The van der Waals surface area contributed by atoms with Crippen LogP contribution in [0.1, 0.15) is 33.2 Å². The Hall–Kier alpha value is -2.40. The molecule has 2 aromatic rings. The van der Waals surface area contributed by atoms with E-state index in [1.807, 2.05) is 6.92 Å². The Morgan fingerprint density at radius 3 is 1.76 bits per heavy atom. The zero-order valence-electron chi connectivity index (χ0n) is 20.9. The van der Waals surface area contributed by atoms with Crippen LogP contribution in [0.5, 0.6) is 0 Å². The van der Waals surface area contributed by atoms with Crippen LogP contribution in [0.2, 0.25) is 0 Å². The van der Waals surface area contributed by atoms with Crippen molar-refractivity contribution in [1.29, 1.82) is 0 Å². The van der Waals surface area contributed by atoms with E-state index >= 15 is 0 Å². The minimum absolute atomic E-state index is 0.154. The molecule has 0 N–H and O–H groups in total. The SMILES string of the molecule is Cc1ccc(C(=O)[C@H](C)N(C(=O)c2ccc([N+](=O)[O-])cc2)N2C(=O)[C@@H]3[C@H](C2=O)[C@@]2(Cl)C(Cl)=C(Cl)[C@@]3(Cl)C2(Cl)Cl)cc1. The number of carbonyl (C=O) groups excluding carboxylic acids is 4. The van der Waals surface area contributed by atoms with Crippen molar-refractivity contribution in [2.75, 3.05) is 0 Å². The number of carbonyl (C=O) groups is 4. The lowest BCUT2D eigenvalue weighted by Gasteiger charge is -2.38. The molecule has 41 heavy (non-hydrogen) atoms. The molecular weight excluding hydrogens is 663 g/mol. The zero-order valence-corrected chi connectivity index (χ0v) is 25.4. The third kappa shape index (κ3) is 3.83. The molecule has 15 heteroatoms. The molecule has 3 amide bonds. The number of nitro benzene ring substituents is 1. The molecular formula is C26H17Cl6N3O6. The topological polar surface area (TPSA) is 118 Å². The second kappa shape index (κ2) is 9.82. The number of ketones is 1. The van der Waals surface area contributed by atoms with Gasteiger partial charge in [0.1, 0.15) is 15.8 Å². The number of amides is 3. The number of hydrogen-bond donors (Lipinski definition) is 0. The summed E-state index contributed by atoms with van der Waals surface area (Å²) in [6.07, 6.45) is 0. The number of allylic oxidation sites excluding steroid dienone is 2. The smallest absolute Gasteiger partial charge is 0.273 e. The first-order chi connectivity index (χ1) is 19.0. The average molecular weight is 680 g/mol. The van der Waals surface area contributed by atoms with Crippen LogP contribution in [-0.2, 0) is 9.59 Å². The normalized spacial score (nSPS) is 28.6. The summed E-state index contributed by atoms with van der Waals surface area (Å²) in [5.41, 5.74) is 0.604. The maximum atomic E-state index is 14.0. The largest absolute Gasteiger partial charge is 0.292 e. The molecule has 5 rings (SSSR count). The summed E-state index contributed by atoms with van der Waals surface area (Å²) >= 11 is 39.4. The minimum atomic E-state index is -2.19. The maximum Gasteiger partial charge on any atom is 0.273 e. The summed E-state index contributed by atoms with van der Waals surface area (Å²) in [6, 6.07) is 9.41. The van der Waals surface area contributed by atoms with Crippen LogP contribution >= 0.6 is 69.6 Å². The zero-order chi connectivity index (χ0) is 30.4. The van der Waals surface area contributed by atoms with Crippen LogP contribution in [0.4, 0.5) is 5.69 Å². The Kier molecular flexibility index (Phi) is 7.21. The quantitative estimate of drug-likeness (QED) is 0.122. The van der Waals surface area contributed by atoms with E-state index in [-0.39, 0.29) is 26.9 Å². The molecule has 0 radical (unpaired) electrons. The predicted molar refractivity (Wildman–Crippen MR) is 153 cm³/mol. The van der Waals surface area contributed by atoms with E-state index in [1.165, 1.54) is 19.1 Å². The van der Waals surface area contributed by atoms with Gasteiger partial charge in [-0.25, -0.2) is 5.01 Å². The number of hydrogen-bond acceptors (Lipinski definition) is 6. The van der Waals surface area contributed by atoms with E-state index in [9.17, 15) is 29.3 Å². The maximum absolute atomic E-state index is 14.0. The third-order valence-corrected chi connectivity index (χ3v) is 12.0. The van der Waals surface area contributed by atoms with Gasteiger partial charge < -0.3 is 0 Å². The van der Waals surface area contributed by atoms with Crippen molar-refractivity contribution in [3.8, 4) is 0 Å². The molecule has 0 unspecified atom stereocenters. The van der Waals surface area contributed by atoms with Crippen molar-refractivity contribution >= 4 is 98.8 Å². The van der Waals surface area contributed by atoms with Gasteiger partial charge in [-0.3, -0.25) is 29.3 Å². The number of benzene rings is 2. The number of imide groups is 1. The highest BCUT2D eigenvalue weighted by Crippen LogP contribution is 2.77. The van der Waals surface area contributed by atoms with Crippen LogP contribution in [0.25, 0.3) is 0 Å². The Morgan fingerprint density at radius 1 is 0.878 bits per heavy atom. The Morgan fingerprint density at radius 2 is 1.32 bits per heavy atom. The molecule has 2 aliphatic carbocycles. The van der Waals surface area contributed by atoms with E-state index in [0.717, 1.165) is 29.8 Å². The van der Waals surface area contributed by atoms with Crippen molar-refractivity contribution in [3.05, 3.63) is 85.4 Å². The fraction of sp³-hybridized carbons (Fsp3) is 0.308. The fourth-order valence-corrected chi connectivity index (χ4v) is 8.49. The number of rotatable bonds is 6. The minimum Gasteiger partial charge on any atom is -0.292 e. The highest BCUT2D eigenvalue weighted by molar-refractivity contribution is 6.66. The summed E-state index contributed by atoms with van der Waals surface area (Å²) in [5, 5.41) is 11.7. The molecule has 0 spiro atoms. The highest BCUT2D eigenvalue weighted by atomic mass is 35.5. The van der Waals surface area contributed by atoms with Crippen molar-refractivity contribution in [2.45, 2.75) is 34.0 Å². The van der Waals surface area contributed by atoms with Crippen molar-refractivity contribution in [3.63, 3.8) is 0 Å². The van der Waals surface area contributed by atoms with E-state index < -0.39 is 60.4 Å². The van der Waals surface area contributed by atoms with Gasteiger partial charge in [0, 0.05) is 23.3 Å². The molecule has 1 saturated heterocycles. The summed E-state index contributed by atoms with van der Waals surface area (Å²) in [7, 11) is 0. The summed E-state index contributed by atoms with van der Waals surface area (Å²) in [5.74, 6) is -6.77. The molecule has 3 aliphatic rings. The summed E-state index contributed by atoms with van der Waals surface area (Å²) < 4.78 is -2.19. The van der Waals surface area contributed by atoms with Crippen LogP contribution in [0.15, 0.2) is 58.6 Å². The van der Waals surface area contributed by atoms with Gasteiger partial charge >= 0.3 is 0 Å². The Bertz CT molecular complexity index is 1530. The molecule has 2 bridgehead atoms. The van der Waals surface area contributed by atoms with Gasteiger partial charge in [0.15, 0.2) is 10.1 Å². The van der Waals surface area contributed by atoms with Crippen LogP contribution < -0.4 is 0 Å². The van der Waals surface area contributed by atoms with Gasteiger partial charge in [-0.15, -0.1) is 23.2 Å². The number of nitro groups is 1. The number of Topliss-reactive ketones (excluding diaryl/α,β-unsaturated/α-hetero) is 1. The molecule has 1 heterocycles. The van der Waals surface area contributed by atoms with Crippen molar-refractivity contribution < 1.29 is 24.1 Å². The van der Waals surface area contributed by atoms with Gasteiger partial charge in [0.25, 0.3) is 23.4 Å². The van der Waals surface area contributed by atoms with Gasteiger partial charge in [0.2, 0.25) is 0 Å². The van der Waals surface area contributed by atoms with Gasteiger partial charge in [-0.05, 0) is 26.0 Å². The number of alkyl halides is 4. The first-order valence-corrected chi connectivity index (χ1v) is 14.2. The second-order valence-corrected chi connectivity index (χ2v) is 13.2. The number of halogens is 6. The lowest BCUT2D eigenvalue weighted by atomic mass is 9.84. The third-order valence-electron chi connectivity index (χ3n) is 7.72. The number of non-ortho nitro benzene ring substituents is 1. The number of aryl methyl sites for hydroxylation is 1. The number of nitrogens with zero attached hydrogens (tertiary/aromatic N) is 3. The first kappa shape index (κ1) is 30.1. The van der Waals surface area contributed by atoms with Gasteiger partial charge in [0.05, 0.1) is 26.8 Å². The lowest BCUT2D eigenvalue weighted by Crippen LogP contribution is -2.59. The van der Waals surface area contributed by atoms with Gasteiger partial charge in [-0.2, -0.15) is 5.01 Å². The summed E-state index contributed by atoms with van der Waals surface area (Å²) in [4.78, 5) is 61.8. The monoisotopic (exact) mass is 677 g/mol. The Labute approximate surface area is 262 Å². The van der Waals surface area contributed by atoms with Crippen molar-refractivity contribution in [1.82, 2.24) is 10.0 Å². The first-order valence-electron chi connectivity index (χ1n) is 11.9. The van der Waals surface area contributed by atoms with Crippen LogP contribution in [0, 0.1) is 28.9 Å². The van der Waals surface area contributed by atoms with Crippen LogP contribution in [-0.4, -0.2) is 58.6 Å². The molecule has 5 atom stereocenters. The van der Waals surface area contributed by atoms with Crippen molar-refractivity contribution in [2.24, 2.45) is 11.8 Å². The molecule has 1 saturated carbocycles. The number of hydrazine groups is 1. The standard InChI is InChI=1S/C26H17Cl6N3O6/c1-11-3-5-13(6-4-11)18(36)12(2)33(21(37)14-7-9-15(10-8-14)35(40)41)34-22(38)16-17(23(34)39)25(30)20(28)19(27)24(16,29)26(25,31)32/h3-10,12,16-17H,1-2H3/t12-,16-,17+,24+,25+/m0/s1. The van der Waals surface area contributed by atoms with E-state index in [0.29, 0.717) is 10.0 Å². The predicted octanol–water partition coefficient (Wildman–Crippen LogP) is 5.98. The second-order valence-electron chi connectivity index (χ2n) is 9.93. The Balaban J connectivity index is 1.63. The lowest BCUT2D eigenvalue weighted by molar-refractivity contribution is -0.384. The van der Waals surface area contributed by atoms with E-state index in [4.69, 9.17) is 69.6 Å². The molecule has 2 fully saturated rings. The van der Waals surface area contributed by atoms with E-state index in [2.05, 4.69) is 0 Å². The summed E-state index contributed by atoms with van der Waals surface area (Å²) in [6.45, 7) is 3.14. The molecule has 1 aliphatic heterocycles. The highest BCUT2D eigenvalue weighted by Gasteiger charge is 2.88. The number of fused-ring (bicyclic) bond motifs is 5.